The fourth-order valence-electron chi connectivity index (χ4n) is 3.43. The molecule has 1 aromatic carbocycles. The lowest BCUT2D eigenvalue weighted by Crippen LogP contribution is -2.23. The van der Waals surface area contributed by atoms with Crippen LogP contribution in [-0.4, -0.2) is 35.3 Å². The van der Waals surface area contributed by atoms with Crippen LogP contribution in [-0.2, 0) is 6.54 Å². The van der Waals surface area contributed by atoms with Gasteiger partial charge in [-0.05, 0) is 49.2 Å². The number of benzene rings is 1. The first kappa shape index (κ1) is 15.5. The van der Waals surface area contributed by atoms with Gasteiger partial charge in [0.1, 0.15) is 16.7 Å². The van der Waals surface area contributed by atoms with Crippen LogP contribution in [0.2, 0.25) is 0 Å². The van der Waals surface area contributed by atoms with E-state index >= 15 is 0 Å². The molecule has 1 aliphatic rings. The second-order valence-electron chi connectivity index (χ2n) is 6.39. The molecule has 1 fully saturated rings. The van der Waals surface area contributed by atoms with Gasteiger partial charge in [-0.1, -0.05) is 17.3 Å². The highest BCUT2D eigenvalue weighted by Gasteiger charge is 2.31. The Morgan fingerprint density at radius 2 is 2.12 bits per heavy atom. The number of rotatable bonds is 4. The summed E-state index contributed by atoms with van der Waals surface area (Å²) < 4.78 is 14.2. The van der Waals surface area contributed by atoms with Crippen molar-refractivity contribution in [2.45, 2.75) is 25.4 Å². The second kappa shape index (κ2) is 6.54. The van der Waals surface area contributed by atoms with Gasteiger partial charge >= 0.3 is 0 Å². The average molecular weight is 364 g/mol. The zero-order valence-corrected chi connectivity index (χ0v) is 14.8. The summed E-state index contributed by atoms with van der Waals surface area (Å²) >= 11 is 1.25. The molecule has 0 radical (unpaired) electrons. The van der Waals surface area contributed by atoms with E-state index in [0.717, 1.165) is 42.7 Å². The first-order valence-electron chi connectivity index (χ1n) is 8.57. The van der Waals surface area contributed by atoms with Crippen molar-refractivity contribution in [3.8, 4) is 11.5 Å². The molecule has 130 valence electrons. The van der Waals surface area contributed by atoms with Crippen LogP contribution < -0.4 is 0 Å². The summed E-state index contributed by atoms with van der Waals surface area (Å²) in [4.78, 5) is 11.3. The Bertz CT molecular complexity index is 1030. The summed E-state index contributed by atoms with van der Waals surface area (Å²) in [5, 5.41) is 4.11. The number of hydrogen-bond acceptors (Lipinski definition) is 8. The second-order valence-corrected chi connectivity index (χ2v) is 6.92. The standard InChI is InChI=1S/C18H16N6OS/c1-2-8-19-14(4-1)17-20-18(25-21-17)16-5-3-9-24(16)11-12-6-7-13-15(10-12)23-26-22-13/h1-2,4,6-8,10,16H,3,5,9,11H2/t16-/m1/s1. The molecule has 1 aliphatic heterocycles. The van der Waals surface area contributed by atoms with Crippen LogP contribution in [0.4, 0.5) is 0 Å². The maximum Gasteiger partial charge on any atom is 0.244 e. The largest absolute Gasteiger partial charge is 0.337 e. The lowest BCUT2D eigenvalue weighted by Gasteiger charge is -2.21. The van der Waals surface area contributed by atoms with Gasteiger partial charge in [0.15, 0.2) is 0 Å². The molecule has 0 spiro atoms. The van der Waals surface area contributed by atoms with Crippen molar-refractivity contribution in [3.05, 3.63) is 54.0 Å². The van der Waals surface area contributed by atoms with Crippen LogP contribution in [0.25, 0.3) is 22.6 Å². The van der Waals surface area contributed by atoms with Crippen LogP contribution >= 0.6 is 11.7 Å². The van der Waals surface area contributed by atoms with Crippen LogP contribution in [0.1, 0.15) is 30.3 Å². The Hall–Kier alpha value is -2.71. The van der Waals surface area contributed by atoms with Crippen LogP contribution in [0.15, 0.2) is 47.1 Å². The summed E-state index contributed by atoms with van der Waals surface area (Å²) in [5.41, 5.74) is 3.86. The molecule has 26 heavy (non-hydrogen) atoms. The smallest absolute Gasteiger partial charge is 0.244 e. The van der Waals surface area contributed by atoms with Gasteiger partial charge in [-0.25, -0.2) is 0 Å². The lowest BCUT2D eigenvalue weighted by atomic mass is 10.1. The van der Waals surface area contributed by atoms with E-state index in [-0.39, 0.29) is 6.04 Å². The minimum atomic E-state index is 0.143. The highest BCUT2D eigenvalue weighted by Crippen LogP contribution is 2.33. The minimum Gasteiger partial charge on any atom is -0.337 e. The van der Waals surface area contributed by atoms with Crippen molar-refractivity contribution in [3.63, 3.8) is 0 Å². The average Bonchev–Trinajstić information content (AvgIpc) is 3.42. The van der Waals surface area contributed by atoms with E-state index in [9.17, 15) is 0 Å². The molecular formula is C18H16N6OS. The van der Waals surface area contributed by atoms with Gasteiger partial charge in [0.2, 0.25) is 11.7 Å². The number of fused-ring (bicyclic) bond motifs is 1. The third-order valence-corrected chi connectivity index (χ3v) is 5.24. The van der Waals surface area contributed by atoms with E-state index in [1.54, 1.807) is 6.20 Å². The Morgan fingerprint density at radius 1 is 1.15 bits per heavy atom. The van der Waals surface area contributed by atoms with E-state index in [0.29, 0.717) is 11.7 Å². The summed E-state index contributed by atoms with van der Waals surface area (Å²) in [7, 11) is 0. The topological polar surface area (TPSA) is 80.8 Å². The van der Waals surface area contributed by atoms with Crippen LogP contribution in [0, 0.1) is 0 Å². The molecule has 0 aliphatic carbocycles. The molecule has 4 aromatic rings. The van der Waals surface area contributed by atoms with Crippen molar-refractivity contribution in [2.75, 3.05) is 6.54 Å². The van der Waals surface area contributed by atoms with Gasteiger partial charge in [-0.3, -0.25) is 9.88 Å². The fraction of sp³-hybridized carbons (Fsp3) is 0.278. The van der Waals surface area contributed by atoms with Gasteiger partial charge in [0.25, 0.3) is 0 Å². The first-order valence-corrected chi connectivity index (χ1v) is 9.30. The van der Waals surface area contributed by atoms with E-state index in [1.165, 1.54) is 17.3 Å². The first-order chi connectivity index (χ1) is 12.9. The normalized spacial score (nSPS) is 17.9. The van der Waals surface area contributed by atoms with Crippen molar-refractivity contribution in [1.82, 2.24) is 28.8 Å². The van der Waals surface area contributed by atoms with E-state index in [4.69, 9.17) is 4.52 Å². The highest BCUT2D eigenvalue weighted by molar-refractivity contribution is 7.00. The Kier molecular flexibility index (Phi) is 3.91. The molecule has 5 rings (SSSR count). The maximum atomic E-state index is 5.57. The summed E-state index contributed by atoms with van der Waals surface area (Å²) in [6.07, 6.45) is 3.87. The van der Waals surface area contributed by atoms with Crippen LogP contribution in [0.5, 0.6) is 0 Å². The van der Waals surface area contributed by atoms with E-state index < -0.39 is 0 Å². The van der Waals surface area contributed by atoms with Gasteiger partial charge in [0.05, 0.1) is 17.8 Å². The SMILES string of the molecule is c1ccc(-c2noc([C@H]3CCCN3Cc3ccc4nsnc4c3)n2)nc1. The van der Waals surface area contributed by atoms with Crippen LogP contribution in [0.3, 0.4) is 0 Å². The molecule has 0 unspecified atom stereocenters. The summed E-state index contributed by atoms with van der Waals surface area (Å²) in [5.74, 6) is 1.21. The molecule has 0 saturated carbocycles. The monoisotopic (exact) mass is 364 g/mol. The molecule has 7 nitrogen and oxygen atoms in total. The highest BCUT2D eigenvalue weighted by atomic mass is 32.1. The summed E-state index contributed by atoms with van der Waals surface area (Å²) in [6.45, 7) is 1.85. The number of aromatic nitrogens is 5. The zero-order valence-electron chi connectivity index (χ0n) is 13.9. The number of likely N-dealkylation sites (tertiary alicyclic amines) is 1. The fourth-order valence-corrected chi connectivity index (χ4v) is 3.94. The predicted molar refractivity (Wildman–Crippen MR) is 97.3 cm³/mol. The van der Waals surface area contributed by atoms with Gasteiger partial charge < -0.3 is 4.52 Å². The minimum absolute atomic E-state index is 0.143. The Morgan fingerprint density at radius 3 is 3.04 bits per heavy atom. The third kappa shape index (κ3) is 2.87. The van der Waals surface area contributed by atoms with Gasteiger partial charge in [-0.15, -0.1) is 0 Å². The number of pyridine rings is 1. The Labute approximate surface area is 154 Å². The molecule has 0 amide bonds. The third-order valence-electron chi connectivity index (χ3n) is 4.69. The number of nitrogens with zero attached hydrogens (tertiary/aromatic N) is 6. The van der Waals surface area contributed by atoms with Crippen molar-refractivity contribution in [1.29, 1.82) is 0 Å². The van der Waals surface area contributed by atoms with Crippen molar-refractivity contribution >= 4 is 22.8 Å². The quantitative estimate of drug-likeness (QED) is 0.548. The lowest BCUT2D eigenvalue weighted by molar-refractivity contribution is 0.201. The molecule has 1 saturated heterocycles. The molecule has 8 heteroatoms. The number of hydrogen-bond donors (Lipinski definition) is 0. The molecule has 3 aromatic heterocycles. The van der Waals surface area contributed by atoms with E-state index in [2.05, 4.69) is 40.9 Å². The molecule has 4 heterocycles. The molecular weight excluding hydrogens is 348 g/mol. The summed E-state index contributed by atoms with van der Waals surface area (Å²) in [6, 6.07) is 12.1. The predicted octanol–water partition coefficient (Wildman–Crippen LogP) is 3.47. The maximum absolute atomic E-state index is 5.57. The molecule has 0 N–H and O–H groups in total. The molecule has 0 bridgehead atoms. The van der Waals surface area contributed by atoms with Crippen molar-refractivity contribution < 1.29 is 4.52 Å². The Balaban J connectivity index is 1.38. The van der Waals surface area contributed by atoms with E-state index in [1.807, 2.05) is 24.3 Å². The zero-order chi connectivity index (χ0) is 17.3. The molecule has 1 atom stereocenters. The van der Waals surface area contributed by atoms with Gasteiger partial charge in [-0.2, -0.15) is 13.7 Å². The van der Waals surface area contributed by atoms with Gasteiger partial charge in [0, 0.05) is 12.7 Å². The van der Waals surface area contributed by atoms with Crippen molar-refractivity contribution in [2.24, 2.45) is 0 Å².